The van der Waals surface area contributed by atoms with Crippen LogP contribution in [0.3, 0.4) is 0 Å². The molecule has 0 radical (unpaired) electrons. The Kier molecular flexibility index (Phi) is 9.07. The Morgan fingerprint density at radius 1 is 0.821 bits per heavy atom. The van der Waals surface area contributed by atoms with Gasteiger partial charge in [-0.1, -0.05) is 0 Å². The van der Waals surface area contributed by atoms with Crippen LogP contribution in [0.4, 0.5) is 50.4 Å². The second-order valence-electron chi connectivity index (χ2n) is 6.12. The van der Waals surface area contributed by atoms with Crippen LogP contribution in [0.5, 0.6) is 0 Å². The predicted octanol–water partition coefficient (Wildman–Crippen LogP) is 5.19. The van der Waals surface area contributed by atoms with E-state index < -0.39 is 15.6 Å². The van der Waals surface area contributed by atoms with Crippen molar-refractivity contribution in [1.29, 1.82) is 0 Å². The van der Waals surface area contributed by atoms with Crippen LogP contribution in [0.1, 0.15) is 0 Å². The summed E-state index contributed by atoms with van der Waals surface area (Å²) in [6.45, 7) is 0.921. The molecule has 0 aromatic rings. The van der Waals surface area contributed by atoms with Crippen LogP contribution in [0.2, 0.25) is 0 Å². The third kappa shape index (κ3) is 100. The minimum atomic E-state index is -10.7. The molecular formula is C10H24F12N4P2. The fraction of sp³-hybridized carbons (Fsp3) is 0.700. The third-order valence-corrected chi connectivity index (χ3v) is 1.44. The molecule has 4 nitrogen and oxygen atoms in total. The molecule has 0 aromatic heterocycles. The van der Waals surface area contributed by atoms with E-state index in [2.05, 4.69) is 31.8 Å². The minimum absolute atomic E-state index is 0.921. The maximum absolute atomic E-state index is 10.7. The summed E-state index contributed by atoms with van der Waals surface area (Å²) in [6, 6.07) is 0. The molecule has 0 bridgehead atoms. The molecule has 0 rings (SSSR count). The van der Waals surface area contributed by atoms with E-state index in [-0.39, 0.29) is 0 Å². The van der Waals surface area contributed by atoms with Gasteiger partial charge in [-0.05, 0) is 0 Å². The van der Waals surface area contributed by atoms with Crippen molar-refractivity contribution in [1.82, 2.24) is 10.2 Å². The first kappa shape index (κ1) is 31.7. The summed E-state index contributed by atoms with van der Waals surface area (Å²) in [5.41, 5.74) is 1.13. The second-order valence-corrected chi connectivity index (χ2v) is 9.95. The molecule has 0 saturated carbocycles. The van der Waals surface area contributed by atoms with Gasteiger partial charge >= 0.3 is 66.0 Å². The molecule has 0 fully saturated rings. The summed E-state index contributed by atoms with van der Waals surface area (Å²) in [5.74, 6) is 0. The quantitative estimate of drug-likeness (QED) is 0.182. The summed E-state index contributed by atoms with van der Waals surface area (Å²) < 4.78 is 120. The van der Waals surface area contributed by atoms with E-state index in [9.17, 15) is 50.4 Å². The summed E-state index contributed by atoms with van der Waals surface area (Å²) in [5, 5.41) is 3.37. The monoisotopic (exact) mass is 490 g/mol. The molecule has 2 N–H and O–H groups in total. The van der Waals surface area contributed by atoms with Crippen molar-refractivity contribution in [2.75, 3.05) is 49.0 Å². The molecule has 0 atom stereocenters. The topological polar surface area (TPSA) is 22.7 Å². The average molecular weight is 490 g/mol. The van der Waals surface area contributed by atoms with Gasteiger partial charge in [0.25, 0.3) is 0 Å². The Morgan fingerprint density at radius 3 is 1.29 bits per heavy atom. The predicted molar refractivity (Wildman–Crippen MR) is 87.9 cm³/mol. The normalized spacial score (nSPS) is 17.3. The van der Waals surface area contributed by atoms with Gasteiger partial charge in [0, 0.05) is 20.3 Å². The van der Waals surface area contributed by atoms with E-state index >= 15 is 0 Å². The van der Waals surface area contributed by atoms with Crippen LogP contribution in [-0.2, 0) is 0 Å². The van der Waals surface area contributed by atoms with Crippen LogP contribution in [0.25, 0.3) is 0 Å². The van der Waals surface area contributed by atoms with Gasteiger partial charge in [-0.25, -0.2) is 4.58 Å². The molecular weight excluding hydrogens is 466 g/mol. The summed E-state index contributed by atoms with van der Waals surface area (Å²) >= 11 is 0. The number of allylic oxidation sites excluding steroid dienone is 1. The van der Waals surface area contributed by atoms with E-state index in [0.717, 1.165) is 12.4 Å². The summed E-state index contributed by atoms with van der Waals surface area (Å²) in [7, 11) is -8.99. The molecule has 0 spiro atoms. The van der Waals surface area contributed by atoms with Crippen molar-refractivity contribution in [2.24, 2.45) is 0 Å². The summed E-state index contributed by atoms with van der Waals surface area (Å²) in [6.07, 6.45) is 4.14. The van der Waals surface area contributed by atoms with Crippen molar-refractivity contribution >= 4 is 21.8 Å². The first-order chi connectivity index (χ1) is 11.3. The van der Waals surface area contributed by atoms with Gasteiger partial charge in [-0.2, -0.15) is 0 Å². The van der Waals surface area contributed by atoms with Crippen molar-refractivity contribution in [3.63, 3.8) is 0 Å². The SMILES string of the molecule is CN(C)/C=C(\C=[N+](C)C)NC[NH+](C)C.F[P-](F)(F)(F)(F)F.F[P-](F)(F)(F)(F)F. The zero-order valence-corrected chi connectivity index (χ0v) is 17.5. The van der Waals surface area contributed by atoms with Crippen molar-refractivity contribution < 1.29 is 59.8 Å². The zero-order valence-electron chi connectivity index (χ0n) is 15.7. The van der Waals surface area contributed by atoms with Gasteiger partial charge in [0.05, 0.1) is 14.1 Å². The molecule has 0 amide bonds. The van der Waals surface area contributed by atoms with E-state index in [1.54, 1.807) is 0 Å². The molecule has 0 aliphatic rings. The first-order valence-electron chi connectivity index (χ1n) is 6.87. The number of quaternary nitrogens is 1. The Labute approximate surface area is 153 Å². The van der Waals surface area contributed by atoms with Crippen LogP contribution in [-0.4, -0.2) is 64.6 Å². The molecule has 0 heterocycles. The molecule has 0 aliphatic heterocycles. The Bertz CT molecular complexity index is 503. The van der Waals surface area contributed by atoms with E-state index in [0.29, 0.717) is 0 Å². The second kappa shape index (κ2) is 8.02. The number of halogens is 12. The van der Waals surface area contributed by atoms with Crippen molar-refractivity contribution in [2.45, 2.75) is 0 Å². The number of rotatable bonds is 5. The molecule has 18 heteroatoms. The van der Waals surface area contributed by atoms with Crippen LogP contribution < -0.4 is 10.2 Å². The van der Waals surface area contributed by atoms with Gasteiger partial charge in [-0.15, -0.1) is 0 Å². The molecule has 0 aliphatic carbocycles. The van der Waals surface area contributed by atoms with Crippen molar-refractivity contribution in [3.05, 3.63) is 11.9 Å². The number of nitrogens with one attached hydrogen (secondary N) is 2. The van der Waals surface area contributed by atoms with Crippen LogP contribution in [0, 0.1) is 0 Å². The van der Waals surface area contributed by atoms with E-state index in [4.69, 9.17) is 0 Å². The molecule has 0 saturated heterocycles. The molecule has 0 unspecified atom stereocenters. The van der Waals surface area contributed by atoms with Gasteiger partial charge in [0.15, 0.2) is 6.21 Å². The number of hydrogen-bond acceptors (Lipinski definition) is 2. The Morgan fingerprint density at radius 2 is 1.11 bits per heavy atom. The summed E-state index contributed by atoms with van der Waals surface area (Å²) in [4.78, 5) is 3.41. The third-order valence-electron chi connectivity index (χ3n) is 1.44. The van der Waals surface area contributed by atoms with Gasteiger partial charge in [0.2, 0.25) is 0 Å². The first-order valence-corrected chi connectivity index (χ1v) is 10.9. The standard InChI is InChI=1S/C10H23N4.2F6P/c1-12(2)7-10(8-13(3)4)11-9-14(5)6;2*1-7(2,3,4,5)6/h7-8,11H,9H2,1-6H3;;/q+1;2*-1/p+1. The molecule has 0 aromatic carbocycles. The van der Waals surface area contributed by atoms with Gasteiger partial charge in [0.1, 0.15) is 26.5 Å². The Balaban J connectivity index is -0.000000375. The van der Waals surface area contributed by atoms with E-state index in [1.165, 1.54) is 4.90 Å². The fourth-order valence-corrected chi connectivity index (χ4v) is 0.960. The number of hydrogen-bond donors (Lipinski definition) is 2. The Hall–Kier alpha value is -1.01. The van der Waals surface area contributed by atoms with Crippen LogP contribution in [0.15, 0.2) is 11.9 Å². The van der Waals surface area contributed by atoms with E-state index in [1.807, 2.05) is 37.7 Å². The average Bonchev–Trinajstić information content (AvgIpc) is 2.14. The van der Waals surface area contributed by atoms with Gasteiger partial charge < -0.3 is 15.1 Å². The van der Waals surface area contributed by atoms with Crippen LogP contribution >= 0.6 is 15.6 Å². The maximum atomic E-state index is 9.87. The van der Waals surface area contributed by atoms with Gasteiger partial charge in [-0.3, -0.25) is 0 Å². The molecule has 178 valence electrons. The molecule has 28 heavy (non-hydrogen) atoms. The number of nitrogens with zero attached hydrogens (tertiary/aromatic N) is 2. The van der Waals surface area contributed by atoms with Crippen molar-refractivity contribution in [3.8, 4) is 0 Å². The zero-order chi connectivity index (χ0) is 24.0. The fourth-order valence-electron chi connectivity index (χ4n) is 0.960.